The van der Waals surface area contributed by atoms with Crippen molar-refractivity contribution in [1.82, 2.24) is 9.97 Å². The summed E-state index contributed by atoms with van der Waals surface area (Å²) >= 11 is 12.0. The highest BCUT2D eigenvalue weighted by Crippen LogP contribution is 2.31. The Morgan fingerprint density at radius 1 is 1.12 bits per heavy atom. The standard InChI is InChI=1S/C17H12Cl2N2O3/c18-10-2-4-14-12(8-10)17(23)21-16(20-14)13-9-11(19)3-5-15(13)24-7-1-6-22/h2-6,8-9H,1,7H2,(H,20,21,23). The largest absolute Gasteiger partial charge is 0.492 e. The summed E-state index contributed by atoms with van der Waals surface area (Å²) in [5, 5.41) is 1.34. The van der Waals surface area contributed by atoms with Gasteiger partial charge in [0.2, 0.25) is 0 Å². The molecule has 0 saturated heterocycles. The zero-order valence-electron chi connectivity index (χ0n) is 12.4. The molecule has 2 aromatic carbocycles. The summed E-state index contributed by atoms with van der Waals surface area (Å²) in [4.78, 5) is 29.9. The van der Waals surface area contributed by atoms with Crippen LogP contribution in [0.25, 0.3) is 22.3 Å². The van der Waals surface area contributed by atoms with Crippen molar-refractivity contribution in [1.29, 1.82) is 0 Å². The molecule has 7 heteroatoms. The number of halogens is 2. The molecule has 0 amide bonds. The Kier molecular flexibility index (Phi) is 4.83. The topological polar surface area (TPSA) is 72.0 Å². The fourth-order valence-electron chi connectivity index (χ4n) is 2.27. The second-order valence-corrected chi connectivity index (χ2v) is 5.89. The molecule has 3 aromatic rings. The van der Waals surface area contributed by atoms with Crippen LogP contribution in [0.1, 0.15) is 6.42 Å². The van der Waals surface area contributed by atoms with Gasteiger partial charge in [0.15, 0.2) is 0 Å². The van der Waals surface area contributed by atoms with Crippen LogP contribution in [0.5, 0.6) is 5.75 Å². The first kappa shape index (κ1) is 16.5. The smallest absolute Gasteiger partial charge is 0.259 e. The lowest BCUT2D eigenvalue weighted by Gasteiger charge is -2.11. The van der Waals surface area contributed by atoms with Crippen LogP contribution in [0.4, 0.5) is 0 Å². The number of hydrogen-bond donors (Lipinski definition) is 1. The molecule has 0 atom stereocenters. The van der Waals surface area contributed by atoms with Crippen LogP contribution in [-0.4, -0.2) is 22.9 Å². The third kappa shape index (κ3) is 3.42. The van der Waals surface area contributed by atoms with Crippen LogP contribution in [0.15, 0.2) is 41.2 Å². The minimum Gasteiger partial charge on any atom is -0.492 e. The van der Waals surface area contributed by atoms with Crippen molar-refractivity contribution in [3.63, 3.8) is 0 Å². The molecule has 0 aliphatic carbocycles. The summed E-state index contributed by atoms with van der Waals surface area (Å²) in [6, 6.07) is 9.89. The Balaban J connectivity index is 2.12. The highest BCUT2D eigenvalue weighted by molar-refractivity contribution is 6.31. The molecule has 1 heterocycles. The van der Waals surface area contributed by atoms with Gasteiger partial charge in [-0.25, -0.2) is 4.98 Å². The van der Waals surface area contributed by atoms with Crippen LogP contribution >= 0.6 is 23.2 Å². The minimum absolute atomic E-state index is 0.228. The average Bonchev–Trinajstić information content (AvgIpc) is 2.57. The number of hydrogen-bond acceptors (Lipinski definition) is 4. The van der Waals surface area contributed by atoms with Gasteiger partial charge in [-0.1, -0.05) is 23.2 Å². The number of nitrogens with one attached hydrogen (secondary N) is 1. The van der Waals surface area contributed by atoms with Gasteiger partial charge in [-0.15, -0.1) is 0 Å². The number of fused-ring (bicyclic) bond motifs is 1. The third-order valence-electron chi connectivity index (χ3n) is 3.36. The van der Waals surface area contributed by atoms with E-state index in [9.17, 15) is 9.59 Å². The van der Waals surface area contributed by atoms with Gasteiger partial charge in [-0.2, -0.15) is 0 Å². The number of carbonyl (C=O) groups is 1. The molecule has 1 aromatic heterocycles. The number of H-pyrrole nitrogens is 1. The average molecular weight is 363 g/mol. The lowest BCUT2D eigenvalue weighted by Crippen LogP contribution is -2.10. The van der Waals surface area contributed by atoms with E-state index in [0.29, 0.717) is 38.1 Å². The van der Waals surface area contributed by atoms with Crippen molar-refractivity contribution in [3.8, 4) is 17.1 Å². The van der Waals surface area contributed by atoms with E-state index in [1.54, 1.807) is 36.4 Å². The van der Waals surface area contributed by atoms with Gasteiger partial charge in [0.25, 0.3) is 5.56 Å². The molecule has 0 fully saturated rings. The SMILES string of the molecule is O=CCCOc1ccc(Cl)cc1-c1nc2ccc(Cl)cc2c(=O)[nH]1. The number of ether oxygens (including phenoxy) is 1. The lowest BCUT2D eigenvalue weighted by atomic mass is 10.1. The lowest BCUT2D eigenvalue weighted by molar-refractivity contribution is -0.108. The Labute approximate surface area is 147 Å². The molecule has 0 unspecified atom stereocenters. The number of benzene rings is 2. The van der Waals surface area contributed by atoms with E-state index in [1.165, 1.54) is 0 Å². The zero-order valence-corrected chi connectivity index (χ0v) is 13.9. The van der Waals surface area contributed by atoms with E-state index in [-0.39, 0.29) is 18.6 Å². The maximum atomic E-state index is 12.3. The molecule has 0 saturated carbocycles. The van der Waals surface area contributed by atoms with Gasteiger partial charge in [0.05, 0.1) is 23.1 Å². The molecule has 0 aliphatic heterocycles. The maximum absolute atomic E-state index is 12.3. The van der Waals surface area contributed by atoms with Gasteiger partial charge in [0.1, 0.15) is 17.9 Å². The Hall–Kier alpha value is -2.37. The van der Waals surface area contributed by atoms with Crippen molar-refractivity contribution in [2.45, 2.75) is 6.42 Å². The summed E-state index contributed by atoms with van der Waals surface area (Å²) in [6.45, 7) is 0.228. The van der Waals surface area contributed by atoms with E-state index < -0.39 is 0 Å². The second kappa shape index (κ2) is 7.03. The van der Waals surface area contributed by atoms with Gasteiger partial charge in [-0.3, -0.25) is 4.79 Å². The highest BCUT2D eigenvalue weighted by atomic mass is 35.5. The fraction of sp³-hybridized carbons (Fsp3) is 0.118. The van der Waals surface area contributed by atoms with Crippen LogP contribution in [0.2, 0.25) is 10.0 Å². The Morgan fingerprint density at radius 3 is 2.67 bits per heavy atom. The third-order valence-corrected chi connectivity index (χ3v) is 3.83. The van der Waals surface area contributed by atoms with Crippen molar-refractivity contribution in [2.75, 3.05) is 6.61 Å². The fourth-order valence-corrected chi connectivity index (χ4v) is 2.61. The van der Waals surface area contributed by atoms with Crippen molar-refractivity contribution < 1.29 is 9.53 Å². The van der Waals surface area contributed by atoms with Crippen LogP contribution in [0, 0.1) is 0 Å². The molecule has 0 aliphatic rings. The van der Waals surface area contributed by atoms with E-state index in [0.717, 1.165) is 6.29 Å². The molecule has 122 valence electrons. The van der Waals surface area contributed by atoms with E-state index in [1.807, 2.05) is 0 Å². The first-order valence-electron chi connectivity index (χ1n) is 7.14. The predicted octanol–water partition coefficient (Wildman–Crippen LogP) is 3.86. The molecule has 0 radical (unpaired) electrons. The zero-order chi connectivity index (χ0) is 17.1. The van der Waals surface area contributed by atoms with E-state index in [4.69, 9.17) is 27.9 Å². The van der Waals surface area contributed by atoms with Gasteiger partial charge in [0, 0.05) is 16.5 Å². The summed E-state index contributed by atoms with van der Waals surface area (Å²) in [7, 11) is 0. The van der Waals surface area contributed by atoms with Crippen molar-refractivity contribution in [2.24, 2.45) is 0 Å². The summed E-state index contributed by atoms with van der Waals surface area (Å²) in [5.41, 5.74) is 0.746. The second-order valence-electron chi connectivity index (χ2n) is 5.02. The van der Waals surface area contributed by atoms with Crippen LogP contribution in [0.3, 0.4) is 0 Å². The van der Waals surface area contributed by atoms with Gasteiger partial charge >= 0.3 is 0 Å². The normalized spacial score (nSPS) is 10.8. The summed E-state index contributed by atoms with van der Waals surface area (Å²) in [6.07, 6.45) is 1.04. The molecule has 3 rings (SSSR count). The first-order valence-corrected chi connectivity index (χ1v) is 7.90. The molecule has 24 heavy (non-hydrogen) atoms. The molecule has 1 N–H and O–H groups in total. The minimum atomic E-state index is -0.309. The number of aromatic nitrogens is 2. The highest BCUT2D eigenvalue weighted by Gasteiger charge is 2.12. The number of aromatic amines is 1. The van der Waals surface area contributed by atoms with Crippen LogP contribution in [-0.2, 0) is 4.79 Å². The van der Waals surface area contributed by atoms with Gasteiger partial charge < -0.3 is 14.5 Å². The quantitative estimate of drug-likeness (QED) is 0.552. The number of carbonyl (C=O) groups excluding carboxylic acids is 1. The van der Waals surface area contributed by atoms with Crippen molar-refractivity contribution in [3.05, 3.63) is 56.8 Å². The molecule has 0 spiro atoms. The molecular weight excluding hydrogens is 351 g/mol. The number of nitrogens with zero attached hydrogens (tertiary/aromatic N) is 1. The molecule has 5 nitrogen and oxygen atoms in total. The first-order chi connectivity index (χ1) is 11.6. The Bertz CT molecular complexity index is 970. The molecule has 0 bridgehead atoms. The predicted molar refractivity (Wildman–Crippen MR) is 94.0 cm³/mol. The van der Waals surface area contributed by atoms with E-state index in [2.05, 4.69) is 9.97 Å². The monoisotopic (exact) mass is 362 g/mol. The summed E-state index contributed by atoms with van der Waals surface area (Å²) < 4.78 is 5.58. The number of rotatable bonds is 5. The molecular formula is C17H12Cl2N2O3. The maximum Gasteiger partial charge on any atom is 0.259 e. The van der Waals surface area contributed by atoms with Gasteiger partial charge in [-0.05, 0) is 36.4 Å². The summed E-state index contributed by atoms with van der Waals surface area (Å²) in [5.74, 6) is 0.816. The van der Waals surface area contributed by atoms with Crippen molar-refractivity contribution >= 4 is 40.4 Å². The Morgan fingerprint density at radius 2 is 1.88 bits per heavy atom. The van der Waals surface area contributed by atoms with E-state index >= 15 is 0 Å². The van der Waals surface area contributed by atoms with Crippen LogP contribution < -0.4 is 10.3 Å². The number of aldehydes is 1.